The number of carbonyl (C=O) groups excluding carboxylic acids is 1. The molecule has 7 heteroatoms. The molecule has 1 amide bonds. The lowest BCUT2D eigenvalue weighted by atomic mass is 10.1. The zero-order chi connectivity index (χ0) is 17.8. The molecule has 0 bridgehead atoms. The summed E-state index contributed by atoms with van der Waals surface area (Å²) in [5, 5.41) is 4.56. The maximum Gasteiger partial charge on any atom is 0.257 e. The van der Waals surface area contributed by atoms with Gasteiger partial charge < -0.3 is 4.90 Å². The fourth-order valence-corrected chi connectivity index (χ4v) is 3.29. The molecular formula is C18H26N6O. The number of rotatable bonds is 4. The molecule has 0 aromatic carbocycles. The Kier molecular flexibility index (Phi) is 5.43. The Bertz CT molecular complexity index is 721. The van der Waals surface area contributed by atoms with Gasteiger partial charge in [-0.1, -0.05) is 0 Å². The van der Waals surface area contributed by atoms with Gasteiger partial charge in [-0.2, -0.15) is 5.10 Å². The van der Waals surface area contributed by atoms with Crippen molar-refractivity contribution in [3.05, 3.63) is 41.2 Å². The minimum Gasteiger partial charge on any atom is -0.337 e. The van der Waals surface area contributed by atoms with Gasteiger partial charge >= 0.3 is 0 Å². The molecular weight excluding hydrogens is 316 g/mol. The van der Waals surface area contributed by atoms with Gasteiger partial charge in [0, 0.05) is 45.5 Å². The minimum atomic E-state index is 0.0488. The molecule has 1 saturated heterocycles. The van der Waals surface area contributed by atoms with E-state index < -0.39 is 0 Å². The number of aryl methyl sites for hydroxylation is 3. The Morgan fingerprint density at radius 3 is 2.56 bits per heavy atom. The average molecular weight is 342 g/mol. The molecule has 2 aromatic heterocycles. The van der Waals surface area contributed by atoms with Crippen LogP contribution in [0.2, 0.25) is 0 Å². The van der Waals surface area contributed by atoms with Gasteiger partial charge in [-0.3, -0.25) is 14.4 Å². The Labute approximate surface area is 148 Å². The Morgan fingerprint density at radius 1 is 1.12 bits per heavy atom. The van der Waals surface area contributed by atoms with Crippen LogP contribution in [0.15, 0.2) is 18.6 Å². The third kappa shape index (κ3) is 4.04. The molecule has 1 aliphatic rings. The minimum absolute atomic E-state index is 0.0488. The summed E-state index contributed by atoms with van der Waals surface area (Å²) >= 11 is 0. The molecule has 0 unspecified atom stereocenters. The second-order valence-corrected chi connectivity index (χ2v) is 6.50. The van der Waals surface area contributed by atoms with Crippen LogP contribution in [-0.2, 0) is 13.1 Å². The molecule has 1 aliphatic heterocycles. The smallest absolute Gasteiger partial charge is 0.257 e. The van der Waals surface area contributed by atoms with Gasteiger partial charge in [0.05, 0.1) is 22.6 Å². The number of hydrogen-bond donors (Lipinski definition) is 0. The second-order valence-electron chi connectivity index (χ2n) is 6.50. The van der Waals surface area contributed by atoms with E-state index in [0.717, 1.165) is 62.8 Å². The van der Waals surface area contributed by atoms with Gasteiger partial charge in [-0.25, -0.2) is 9.97 Å². The highest BCUT2D eigenvalue weighted by Gasteiger charge is 2.24. The van der Waals surface area contributed by atoms with Gasteiger partial charge in [0.15, 0.2) is 0 Å². The van der Waals surface area contributed by atoms with Crippen molar-refractivity contribution in [2.75, 3.05) is 26.2 Å². The summed E-state index contributed by atoms with van der Waals surface area (Å²) in [4.78, 5) is 25.6. The summed E-state index contributed by atoms with van der Waals surface area (Å²) in [7, 11) is 0. The first-order valence-corrected chi connectivity index (χ1v) is 8.90. The normalized spacial score (nSPS) is 16.0. The Balaban J connectivity index is 1.64. The third-order valence-corrected chi connectivity index (χ3v) is 4.72. The van der Waals surface area contributed by atoms with Crippen LogP contribution in [0.5, 0.6) is 0 Å². The summed E-state index contributed by atoms with van der Waals surface area (Å²) in [6.07, 6.45) is 4.50. The highest BCUT2D eigenvalue weighted by Crippen LogP contribution is 2.15. The summed E-state index contributed by atoms with van der Waals surface area (Å²) in [6, 6.07) is 2.07. The Hall–Kier alpha value is -2.28. The largest absolute Gasteiger partial charge is 0.337 e. The van der Waals surface area contributed by atoms with Crippen LogP contribution in [0, 0.1) is 13.8 Å². The molecule has 0 radical (unpaired) electrons. The zero-order valence-corrected chi connectivity index (χ0v) is 15.3. The van der Waals surface area contributed by atoms with Crippen LogP contribution < -0.4 is 0 Å². The molecule has 25 heavy (non-hydrogen) atoms. The fraction of sp³-hybridized carbons (Fsp3) is 0.556. The quantitative estimate of drug-likeness (QED) is 0.845. The molecule has 134 valence electrons. The number of hydrogen-bond acceptors (Lipinski definition) is 5. The zero-order valence-electron chi connectivity index (χ0n) is 15.3. The van der Waals surface area contributed by atoms with Crippen molar-refractivity contribution in [2.45, 2.75) is 40.3 Å². The van der Waals surface area contributed by atoms with Crippen molar-refractivity contribution >= 4 is 5.91 Å². The molecule has 0 N–H and O–H groups in total. The highest BCUT2D eigenvalue weighted by atomic mass is 16.2. The van der Waals surface area contributed by atoms with Crippen molar-refractivity contribution in [1.29, 1.82) is 0 Å². The van der Waals surface area contributed by atoms with Crippen LogP contribution in [0.3, 0.4) is 0 Å². The van der Waals surface area contributed by atoms with Crippen molar-refractivity contribution < 1.29 is 4.79 Å². The molecule has 3 heterocycles. The average Bonchev–Trinajstić information content (AvgIpc) is 2.91. The van der Waals surface area contributed by atoms with E-state index in [1.54, 1.807) is 0 Å². The first-order valence-electron chi connectivity index (χ1n) is 8.90. The van der Waals surface area contributed by atoms with Crippen molar-refractivity contribution in [1.82, 2.24) is 29.5 Å². The van der Waals surface area contributed by atoms with E-state index in [2.05, 4.69) is 33.0 Å². The molecule has 2 aromatic rings. The molecule has 0 aliphatic carbocycles. The number of carbonyl (C=O) groups is 1. The maximum atomic E-state index is 12.9. The monoisotopic (exact) mass is 342 g/mol. The van der Waals surface area contributed by atoms with E-state index >= 15 is 0 Å². The van der Waals surface area contributed by atoms with E-state index in [-0.39, 0.29) is 5.91 Å². The SMILES string of the molecule is CCn1ccc(CN2CCCN(C(=O)c3c(C)ncnc3C)CC2)n1. The van der Waals surface area contributed by atoms with E-state index in [0.29, 0.717) is 5.56 Å². The summed E-state index contributed by atoms with van der Waals surface area (Å²) in [6.45, 7) is 10.9. The van der Waals surface area contributed by atoms with Gasteiger partial charge in [-0.05, 0) is 33.3 Å². The Morgan fingerprint density at radius 2 is 1.88 bits per heavy atom. The van der Waals surface area contributed by atoms with E-state index in [1.165, 1.54) is 6.33 Å². The molecule has 3 rings (SSSR count). The van der Waals surface area contributed by atoms with Crippen LogP contribution in [0.1, 0.15) is 40.8 Å². The predicted octanol–water partition coefficient (Wildman–Crippen LogP) is 1.66. The van der Waals surface area contributed by atoms with Crippen molar-refractivity contribution in [2.24, 2.45) is 0 Å². The van der Waals surface area contributed by atoms with E-state index in [9.17, 15) is 4.79 Å². The van der Waals surface area contributed by atoms with Crippen LogP contribution in [-0.4, -0.2) is 61.6 Å². The van der Waals surface area contributed by atoms with E-state index in [1.807, 2.05) is 29.6 Å². The topological polar surface area (TPSA) is 67.2 Å². The number of nitrogens with zero attached hydrogens (tertiary/aromatic N) is 6. The van der Waals surface area contributed by atoms with Crippen LogP contribution in [0.4, 0.5) is 0 Å². The van der Waals surface area contributed by atoms with Crippen LogP contribution in [0.25, 0.3) is 0 Å². The molecule has 1 fully saturated rings. The number of amides is 1. The summed E-state index contributed by atoms with van der Waals surface area (Å²) in [5.41, 5.74) is 3.25. The summed E-state index contributed by atoms with van der Waals surface area (Å²) in [5.74, 6) is 0.0488. The van der Waals surface area contributed by atoms with Crippen LogP contribution >= 0.6 is 0 Å². The lowest BCUT2D eigenvalue weighted by Gasteiger charge is -2.22. The molecule has 7 nitrogen and oxygen atoms in total. The summed E-state index contributed by atoms with van der Waals surface area (Å²) < 4.78 is 1.95. The van der Waals surface area contributed by atoms with Gasteiger partial charge in [-0.15, -0.1) is 0 Å². The maximum absolute atomic E-state index is 12.9. The molecule has 0 spiro atoms. The third-order valence-electron chi connectivity index (χ3n) is 4.72. The van der Waals surface area contributed by atoms with Crippen molar-refractivity contribution in [3.63, 3.8) is 0 Å². The standard InChI is InChI=1S/C18H26N6O/c1-4-24-9-6-16(21-24)12-22-7-5-8-23(11-10-22)18(25)17-14(2)19-13-20-15(17)3/h6,9,13H,4-5,7-8,10-12H2,1-3H3. The fourth-order valence-electron chi connectivity index (χ4n) is 3.29. The first-order chi connectivity index (χ1) is 12.1. The van der Waals surface area contributed by atoms with Gasteiger partial charge in [0.25, 0.3) is 5.91 Å². The number of aromatic nitrogens is 4. The highest BCUT2D eigenvalue weighted by molar-refractivity contribution is 5.96. The first kappa shape index (κ1) is 17.5. The lowest BCUT2D eigenvalue weighted by Crippen LogP contribution is -2.36. The van der Waals surface area contributed by atoms with Gasteiger partial charge in [0.2, 0.25) is 0 Å². The van der Waals surface area contributed by atoms with Crippen molar-refractivity contribution in [3.8, 4) is 0 Å². The second kappa shape index (κ2) is 7.74. The predicted molar refractivity (Wildman–Crippen MR) is 95.2 cm³/mol. The van der Waals surface area contributed by atoms with Gasteiger partial charge in [0.1, 0.15) is 6.33 Å². The molecule has 0 saturated carbocycles. The molecule has 0 atom stereocenters. The lowest BCUT2D eigenvalue weighted by molar-refractivity contribution is 0.0758. The van der Waals surface area contributed by atoms with E-state index in [4.69, 9.17) is 0 Å².